The topological polar surface area (TPSA) is 81.7 Å². The molecule has 6 nitrogen and oxygen atoms in total. The maximum atomic E-state index is 13.2. The molecule has 0 spiro atoms. The van der Waals surface area contributed by atoms with Crippen molar-refractivity contribution < 1.29 is 26.5 Å². The Hall–Kier alpha value is -2.16. The molecule has 0 heterocycles. The molecular weight excluding hydrogens is 430 g/mol. The van der Waals surface area contributed by atoms with Crippen LogP contribution in [0.5, 0.6) is 0 Å². The fourth-order valence-electron chi connectivity index (χ4n) is 2.33. The van der Waals surface area contributed by atoms with Crippen LogP contribution >= 0.6 is 0 Å². The molecular formula is C23H33NO5SSi. The van der Waals surface area contributed by atoms with E-state index in [1.165, 1.54) is 24.3 Å². The Balaban J connectivity index is 2.37. The summed E-state index contributed by atoms with van der Waals surface area (Å²) in [7, 11) is -7.05. The highest BCUT2D eigenvalue weighted by molar-refractivity contribution is 7.91. The van der Waals surface area contributed by atoms with E-state index < -0.39 is 42.6 Å². The van der Waals surface area contributed by atoms with Gasteiger partial charge in [-0.25, -0.2) is 13.2 Å². The first kappa shape index (κ1) is 20.7. The standard InChI is InChI=1S/C23H33NO5SSi/c1-23(2,3)31(4,5)29-17-20(18-30(26,27)21-14-10-7-11-15-21)24-22(25)28-16-19-12-8-6-9-13-19/h6-15,20H,16-18H2,1-5H3,(H,24,25)/t20-/m1/s1/i18D2/hD. The number of hydrogen-bond donors (Lipinski definition) is 1. The van der Waals surface area contributed by atoms with Crippen molar-refractivity contribution in [1.29, 1.82) is 0 Å². The SMILES string of the molecule is [2H]N(C(=O)OCc1ccccc1)[C@H](CO[Si](C)(C)C(C)(C)C)C([2H])([2H])S(=O)(=O)c1ccccc1. The quantitative estimate of drug-likeness (QED) is 0.538. The van der Waals surface area contributed by atoms with Crippen molar-refractivity contribution in [3.05, 3.63) is 66.2 Å². The lowest BCUT2D eigenvalue weighted by Gasteiger charge is -2.37. The summed E-state index contributed by atoms with van der Waals surface area (Å²) in [5.41, 5.74) is -2.34. The second-order valence-electron chi connectivity index (χ2n) is 8.69. The average molecular weight is 467 g/mol. The molecule has 0 bridgehead atoms. The Kier molecular flexibility index (Phi) is 6.97. The van der Waals surface area contributed by atoms with Crippen molar-refractivity contribution in [1.82, 2.24) is 5.31 Å². The van der Waals surface area contributed by atoms with Gasteiger partial charge in [-0.05, 0) is 35.8 Å². The van der Waals surface area contributed by atoms with E-state index in [9.17, 15) is 13.2 Å². The Morgan fingerprint density at radius 1 is 1.10 bits per heavy atom. The molecule has 170 valence electrons. The number of carbonyl (C=O) groups excluding carboxylic acids is 1. The number of ether oxygens (including phenoxy) is 1. The zero-order valence-electron chi connectivity index (χ0n) is 21.7. The zero-order chi connectivity index (χ0) is 25.8. The first-order valence-electron chi connectivity index (χ1n) is 11.5. The summed E-state index contributed by atoms with van der Waals surface area (Å²) < 4.78 is 63.2. The molecule has 0 saturated carbocycles. The smallest absolute Gasteiger partial charge is 0.407 e. The molecule has 0 fully saturated rings. The van der Waals surface area contributed by atoms with Crippen LogP contribution in [0.15, 0.2) is 65.6 Å². The third-order valence-corrected chi connectivity index (χ3v) is 11.2. The first-order chi connectivity index (χ1) is 15.6. The fraction of sp³-hybridized carbons (Fsp3) is 0.435. The third kappa shape index (κ3) is 7.79. The van der Waals surface area contributed by atoms with E-state index in [-0.39, 0.29) is 21.9 Å². The van der Waals surface area contributed by atoms with Gasteiger partial charge < -0.3 is 14.5 Å². The number of nitrogens with one attached hydrogen (secondary N) is 1. The summed E-state index contributed by atoms with van der Waals surface area (Å²) in [6.45, 7) is 9.18. The van der Waals surface area contributed by atoms with E-state index in [1.54, 1.807) is 36.4 Å². The predicted octanol–water partition coefficient (Wildman–Crippen LogP) is 4.78. The molecule has 1 N–H and O–H groups in total. The minimum Gasteiger partial charge on any atom is -0.445 e. The molecule has 1 atom stereocenters. The van der Waals surface area contributed by atoms with Crippen molar-refractivity contribution in [2.45, 2.75) is 56.4 Å². The minimum absolute atomic E-state index is 0.140. The number of rotatable bonds is 9. The van der Waals surface area contributed by atoms with Gasteiger partial charge in [-0.3, -0.25) is 0 Å². The predicted molar refractivity (Wildman–Crippen MR) is 125 cm³/mol. The molecule has 0 radical (unpaired) electrons. The molecule has 1 amide bonds. The van der Waals surface area contributed by atoms with Crippen LogP contribution in [-0.2, 0) is 25.6 Å². The van der Waals surface area contributed by atoms with Crippen LogP contribution in [0, 0.1) is 0 Å². The van der Waals surface area contributed by atoms with Gasteiger partial charge in [0.15, 0.2) is 19.6 Å². The highest BCUT2D eigenvalue weighted by Crippen LogP contribution is 2.36. The molecule has 0 aromatic heterocycles. The number of sulfone groups is 1. The van der Waals surface area contributed by atoms with Gasteiger partial charge in [-0.15, -0.1) is 0 Å². The molecule has 0 aliphatic heterocycles. The van der Waals surface area contributed by atoms with E-state index in [0.29, 0.717) is 5.56 Å². The van der Waals surface area contributed by atoms with Gasteiger partial charge in [0.2, 0.25) is 0 Å². The molecule has 2 rings (SSSR count). The lowest BCUT2D eigenvalue weighted by molar-refractivity contribution is 0.131. The molecule has 31 heavy (non-hydrogen) atoms. The summed E-state index contributed by atoms with van der Waals surface area (Å²) in [5, 5.41) is -0.000184. The maximum absolute atomic E-state index is 13.2. The van der Waals surface area contributed by atoms with Crippen molar-refractivity contribution in [2.24, 2.45) is 0 Å². The number of benzene rings is 2. The van der Waals surface area contributed by atoms with Gasteiger partial charge >= 0.3 is 6.09 Å². The van der Waals surface area contributed by atoms with Gasteiger partial charge in [-0.1, -0.05) is 69.3 Å². The van der Waals surface area contributed by atoms with E-state index >= 15 is 0 Å². The van der Waals surface area contributed by atoms with E-state index in [4.69, 9.17) is 13.3 Å². The van der Waals surface area contributed by atoms with Gasteiger partial charge in [0.1, 0.15) is 6.61 Å². The Labute approximate surface area is 191 Å². The van der Waals surface area contributed by atoms with Crippen LogP contribution in [-0.4, -0.2) is 41.2 Å². The summed E-state index contributed by atoms with van der Waals surface area (Å²) in [4.78, 5) is 12.5. The van der Waals surface area contributed by atoms with Crippen molar-refractivity contribution in [3.63, 3.8) is 0 Å². The van der Waals surface area contributed by atoms with E-state index in [1.807, 2.05) is 33.9 Å². The molecule has 8 heteroatoms. The Bertz CT molecular complexity index is 1060. The maximum Gasteiger partial charge on any atom is 0.407 e. The molecule has 0 saturated heterocycles. The van der Waals surface area contributed by atoms with E-state index in [2.05, 4.69) is 0 Å². The Morgan fingerprint density at radius 2 is 1.65 bits per heavy atom. The van der Waals surface area contributed by atoms with Crippen LogP contribution in [0.25, 0.3) is 0 Å². The fourth-order valence-corrected chi connectivity index (χ4v) is 4.47. The summed E-state index contributed by atoms with van der Waals surface area (Å²) in [6.07, 6.45) is -1.17. The van der Waals surface area contributed by atoms with Crippen LogP contribution in [0.1, 0.15) is 29.1 Å². The van der Waals surface area contributed by atoms with E-state index in [0.717, 1.165) is 0 Å². The van der Waals surface area contributed by atoms with Gasteiger partial charge in [-0.2, -0.15) is 0 Å². The second-order valence-corrected chi connectivity index (χ2v) is 15.2. The first-order valence-corrected chi connectivity index (χ1v) is 14.4. The molecule has 0 aliphatic carbocycles. The monoisotopic (exact) mass is 466 g/mol. The average Bonchev–Trinajstić information content (AvgIpc) is 2.77. The van der Waals surface area contributed by atoms with Gasteiger partial charge in [0.25, 0.3) is 0 Å². The van der Waals surface area contributed by atoms with Crippen molar-refractivity contribution in [3.8, 4) is 0 Å². The van der Waals surface area contributed by atoms with Gasteiger partial charge in [0.05, 0.1) is 23.2 Å². The van der Waals surface area contributed by atoms with Gasteiger partial charge in [0, 0.05) is 2.74 Å². The molecule has 0 unspecified atom stereocenters. The normalized spacial score (nSPS) is 15.3. The highest BCUT2D eigenvalue weighted by Gasteiger charge is 2.38. The summed E-state index contributed by atoms with van der Waals surface area (Å²) in [6, 6.07) is 14.2. The zero-order valence-corrected chi connectivity index (χ0v) is 20.5. The van der Waals surface area contributed by atoms with Crippen LogP contribution in [0.3, 0.4) is 0 Å². The van der Waals surface area contributed by atoms with Crippen LogP contribution in [0.4, 0.5) is 4.79 Å². The van der Waals surface area contributed by atoms with Crippen LogP contribution in [0.2, 0.25) is 19.5 Å². The summed E-state index contributed by atoms with van der Waals surface area (Å²) >= 11 is 0. The Morgan fingerprint density at radius 3 is 2.19 bits per heavy atom. The lowest BCUT2D eigenvalue weighted by Crippen LogP contribution is -2.48. The molecule has 2 aromatic carbocycles. The number of alkyl carbamates (subject to hydrolysis) is 1. The molecule has 2 aromatic rings. The highest BCUT2D eigenvalue weighted by atomic mass is 32.2. The number of hydrogen-bond acceptors (Lipinski definition) is 5. The third-order valence-electron chi connectivity index (χ3n) is 5.22. The van der Waals surface area contributed by atoms with Crippen LogP contribution < -0.4 is 5.31 Å². The number of carbonyl (C=O) groups is 1. The summed E-state index contributed by atoms with van der Waals surface area (Å²) in [5.74, 6) is 0. The second kappa shape index (κ2) is 10.4. The molecule has 0 aliphatic rings. The lowest BCUT2D eigenvalue weighted by atomic mass is 10.2. The minimum atomic E-state index is -4.59. The largest absolute Gasteiger partial charge is 0.445 e. The van der Waals surface area contributed by atoms with Crippen molar-refractivity contribution >= 4 is 24.2 Å². The number of amides is 1. The van der Waals surface area contributed by atoms with Crippen molar-refractivity contribution in [2.75, 3.05) is 12.3 Å².